The predicted molar refractivity (Wildman–Crippen MR) is 67.3 cm³/mol. The number of H-pyrrole nitrogens is 1. The lowest BCUT2D eigenvalue weighted by Crippen LogP contribution is -2.41. The first-order valence-corrected chi connectivity index (χ1v) is 6.46. The molecule has 0 saturated carbocycles. The van der Waals surface area contributed by atoms with E-state index in [0.29, 0.717) is 23.6 Å². The van der Waals surface area contributed by atoms with Crippen LogP contribution in [-0.2, 0) is 4.74 Å². The van der Waals surface area contributed by atoms with Gasteiger partial charge >= 0.3 is 5.28 Å². The molecule has 0 spiro atoms. The lowest BCUT2D eigenvalue weighted by atomic mass is 10.2. The Labute approximate surface area is 118 Å². The maximum Gasteiger partial charge on any atom is 0.400 e. The van der Waals surface area contributed by atoms with Crippen molar-refractivity contribution in [3.63, 3.8) is 0 Å². The third-order valence-corrected chi connectivity index (χ3v) is 3.54. The number of aliphatic hydroxyl groups is 2. The minimum Gasteiger partial charge on any atom is -0.468 e. The molecule has 1 saturated heterocycles. The Bertz CT molecular complexity index is 634. The molecule has 1 fully saturated rings. The summed E-state index contributed by atoms with van der Waals surface area (Å²) in [7, 11) is 1.50. The molecule has 1 aliphatic heterocycles. The molecular weight excluding hydrogens is 288 g/mol. The van der Waals surface area contributed by atoms with Gasteiger partial charge in [-0.2, -0.15) is 9.55 Å². The smallest absolute Gasteiger partial charge is 0.400 e. The molecule has 2 aromatic rings. The average Bonchev–Trinajstić information content (AvgIpc) is 3.00. The van der Waals surface area contributed by atoms with Crippen molar-refractivity contribution < 1.29 is 24.3 Å². The van der Waals surface area contributed by atoms with Gasteiger partial charge in [-0.1, -0.05) is 0 Å². The highest BCUT2D eigenvalue weighted by Gasteiger charge is 2.38. The van der Waals surface area contributed by atoms with Gasteiger partial charge in [-0.15, -0.1) is 0 Å². The van der Waals surface area contributed by atoms with E-state index in [9.17, 15) is 5.11 Å². The molecule has 3 atom stereocenters. The molecule has 2 aromatic heterocycles. The van der Waals surface area contributed by atoms with Crippen molar-refractivity contribution in [2.24, 2.45) is 0 Å². The van der Waals surface area contributed by atoms with E-state index in [4.69, 9.17) is 26.2 Å². The van der Waals surface area contributed by atoms with E-state index in [1.165, 1.54) is 7.11 Å². The number of imidazole rings is 1. The van der Waals surface area contributed by atoms with Gasteiger partial charge in [0.2, 0.25) is 6.23 Å². The normalized spacial score (nSPS) is 26.3. The second-order valence-electron chi connectivity index (χ2n) is 4.52. The Kier molecular flexibility index (Phi) is 3.47. The van der Waals surface area contributed by atoms with Crippen molar-refractivity contribution in [1.29, 1.82) is 0 Å². The summed E-state index contributed by atoms with van der Waals surface area (Å²) in [6.45, 7) is -0.247. The summed E-state index contributed by atoms with van der Waals surface area (Å²) in [6, 6.07) is 0.335. The van der Waals surface area contributed by atoms with Crippen LogP contribution in [0, 0.1) is 0 Å². The maximum atomic E-state index is 9.77. The molecule has 0 radical (unpaired) electrons. The Morgan fingerprint density at radius 1 is 1.60 bits per heavy atom. The van der Waals surface area contributed by atoms with Gasteiger partial charge < -0.3 is 24.7 Å². The second-order valence-corrected chi connectivity index (χ2v) is 4.85. The molecule has 1 aliphatic rings. The lowest BCUT2D eigenvalue weighted by Gasteiger charge is -2.10. The first-order valence-electron chi connectivity index (χ1n) is 6.08. The Hall–Kier alpha value is -1.48. The first kappa shape index (κ1) is 13.5. The predicted octanol–water partition coefficient (Wildman–Crippen LogP) is -0.452. The van der Waals surface area contributed by atoms with Crippen molar-refractivity contribution in [2.45, 2.75) is 24.9 Å². The SMILES string of the molecule is COc1nc2nc(Cl)[n+](C3C[C@H](O)[C@@H](CO)O3)cc2[nH]1. The Morgan fingerprint density at radius 2 is 2.40 bits per heavy atom. The zero-order valence-corrected chi connectivity index (χ0v) is 11.4. The number of nitrogens with zero attached hydrogens (tertiary/aromatic N) is 3. The van der Waals surface area contributed by atoms with Crippen LogP contribution in [0.4, 0.5) is 0 Å². The molecule has 9 heteroatoms. The van der Waals surface area contributed by atoms with E-state index in [1.54, 1.807) is 10.8 Å². The number of ether oxygens (including phenoxy) is 2. The fraction of sp³-hybridized carbons (Fsp3) is 0.545. The quantitative estimate of drug-likeness (QED) is 0.524. The van der Waals surface area contributed by atoms with Gasteiger partial charge in [0.15, 0.2) is 5.52 Å². The summed E-state index contributed by atoms with van der Waals surface area (Å²) in [6.07, 6.45) is 0.183. The zero-order valence-electron chi connectivity index (χ0n) is 10.7. The number of nitrogens with one attached hydrogen (secondary N) is 1. The van der Waals surface area contributed by atoms with E-state index in [1.807, 2.05) is 0 Å². The van der Waals surface area contributed by atoms with Crippen molar-refractivity contribution in [3.05, 3.63) is 11.5 Å². The van der Waals surface area contributed by atoms with Crippen LogP contribution < -0.4 is 9.30 Å². The van der Waals surface area contributed by atoms with Crippen LogP contribution in [0.3, 0.4) is 0 Å². The molecule has 108 valence electrons. The van der Waals surface area contributed by atoms with Gasteiger partial charge in [-0.25, -0.2) is 0 Å². The van der Waals surface area contributed by atoms with Crippen molar-refractivity contribution in [3.8, 4) is 6.01 Å². The number of hydrogen-bond acceptors (Lipinski definition) is 6. The molecule has 3 rings (SSSR count). The molecular formula is C11H14ClN4O4+. The molecule has 1 unspecified atom stereocenters. The van der Waals surface area contributed by atoms with Crippen LogP contribution in [0.5, 0.6) is 6.01 Å². The average molecular weight is 302 g/mol. The number of halogens is 1. The fourth-order valence-electron chi connectivity index (χ4n) is 2.22. The van der Waals surface area contributed by atoms with Gasteiger partial charge in [0.1, 0.15) is 12.3 Å². The molecule has 0 amide bonds. The minimum atomic E-state index is -0.736. The first-order chi connectivity index (χ1) is 9.62. The number of hydrogen-bond donors (Lipinski definition) is 3. The van der Waals surface area contributed by atoms with E-state index in [0.717, 1.165) is 0 Å². The van der Waals surface area contributed by atoms with Gasteiger partial charge in [-0.05, 0) is 4.98 Å². The van der Waals surface area contributed by atoms with E-state index < -0.39 is 18.4 Å². The third kappa shape index (κ3) is 2.20. The molecule has 20 heavy (non-hydrogen) atoms. The van der Waals surface area contributed by atoms with Gasteiger partial charge in [0, 0.05) is 18.0 Å². The van der Waals surface area contributed by atoms with Crippen LogP contribution in [-0.4, -0.2) is 51.1 Å². The summed E-state index contributed by atoms with van der Waals surface area (Å²) in [4.78, 5) is 11.2. The summed E-state index contributed by atoms with van der Waals surface area (Å²) in [5, 5.41) is 19.0. The van der Waals surface area contributed by atoms with Crippen LogP contribution in [0.25, 0.3) is 11.2 Å². The molecule has 0 bridgehead atoms. The maximum absolute atomic E-state index is 9.77. The number of methoxy groups -OCH3 is 1. The number of aliphatic hydroxyl groups excluding tert-OH is 2. The molecule has 3 heterocycles. The van der Waals surface area contributed by atoms with Crippen molar-refractivity contribution in [2.75, 3.05) is 13.7 Å². The van der Waals surface area contributed by atoms with E-state index in [-0.39, 0.29) is 11.9 Å². The highest BCUT2D eigenvalue weighted by Crippen LogP contribution is 2.26. The summed E-state index contributed by atoms with van der Waals surface area (Å²) >= 11 is 6.11. The van der Waals surface area contributed by atoms with Gasteiger partial charge in [0.05, 0.1) is 19.8 Å². The monoisotopic (exact) mass is 301 g/mol. The van der Waals surface area contributed by atoms with Crippen LogP contribution >= 0.6 is 11.6 Å². The van der Waals surface area contributed by atoms with E-state index in [2.05, 4.69) is 15.0 Å². The molecule has 0 aliphatic carbocycles. The molecule has 0 aromatic carbocycles. The number of fused-ring (bicyclic) bond motifs is 1. The van der Waals surface area contributed by atoms with Crippen LogP contribution in [0.2, 0.25) is 5.28 Å². The number of rotatable bonds is 3. The van der Waals surface area contributed by atoms with E-state index >= 15 is 0 Å². The van der Waals surface area contributed by atoms with Crippen molar-refractivity contribution >= 4 is 22.8 Å². The minimum absolute atomic E-state index is 0.183. The lowest BCUT2D eigenvalue weighted by molar-refractivity contribution is -0.758. The highest BCUT2D eigenvalue weighted by molar-refractivity contribution is 6.27. The summed E-state index contributed by atoms with van der Waals surface area (Å²) in [5.41, 5.74) is 1.07. The third-order valence-electron chi connectivity index (χ3n) is 3.26. The summed E-state index contributed by atoms with van der Waals surface area (Å²) in [5.74, 6) is 0. The van der Waals surface area contributed by atoms with Gasteiger partial charge in [-0.3, -0.25) is 0 Å². The fourth-order valence-corrected chi connectivity index (χ4v) is 2.45. The molecule has 3 N–H and O–H groups in total. The topological polar surface area (TPSA) is 104 Å². The highest BCUT2D eigenvalue weighted by atomic mass is 35.5. The largest absolute Gasteiger partial charge is 0.468 e. The van der Waals surface area contributed by atoms with Crippen LogP contribution in [0.15, 0.2) is 6.20 Å². The van der Waals surface area contributed by atoms with Crippen LogP contribution in [0.1, 0.15) is 12.6 Å². The summed E-state index contributed by atoms with van der Waals surface area (Å²) < 4.78 is 12.1. The molecule has 8 nitrogen and oxygen atoms in total. The number of aromatic amines is 1. The van der Waals surface area contributed by atoms with Gasteiger partial charge in [0.25, 0.3) is 11.7 Å². The van der Waals surface area contributed by atoms with Crippen molar-refractivity contribution in [1.82, 2.24) is 15.0 Å². The standard InChI is InChI=1S/C11H13ClN4O4/c1-19-11-13-5-3-16(10(12)14-9(5)15-11)8-2-6(18)7(4-17)20-8/h3,6-8,17-18H,2,4H2,1H3/p+1/t6-,7+,8?/m0/s1. The second kappa shape index (κ2) is 5.13. The Morgan fingerprint density at radius 3 is 3.05 bits per heavy atom. The zero-order chi connectivity index (χ0) is 14.3. The Balaban J connectivity index is 1.97. The number of aromatic nitrogens is 4.